The molecule has 0 aromatic carbocycles. The Morgan fingerprint density at radius 2 is 2.33 bits per heavy atom. The van der Waals surface area contributed by atoms with Crippen molar-refractivity contribution in [3.8, 4) is 0 Å². The fourth-order valence-electron chi connectivity index (χ4n) is 2.17. The van der Waals surface area contributed by atoms with Crippen LogP contribution in [0.15, 0.2) is 0 Å². The number of aldehydes is 1. The second-order valence-electron chi connectivity index (χ2n) is 4.73. The SMILES string of the molecule is CCCCN(C)CC1(C=O)CCCOC1. The minimum atomic E-state index is -0.235. The predicted octanol–water partition coefficient (Wildman–Crippen LogP) is 1.71. The molecule has 15 heavy (non-hydrogen) atoms. The van der Waals surface area contributed by atoms with Gasteiger partial charge in [-0.1, -0.05) is 13.3 Å². The lowest BCUT2D eigenvalue weighted by atomic mass is 9.83. The van der Waals surface area contributed by atoms with Gasteiger partial charge >= 0.3 is 0 Å². The molecule has 1 atom stereocenters. The Morgan fingerprint density at radius 1 is 1.53 bits per heavy atom. The van der Waals surface area contributed by atoms with Crippen molar-refractivity contribution in [3.63, 3.8) is 0 Å². The number of rotatable bonds is 6. The normalized spacial score (nSPS) is 26.9. The third-order valence-electron chi connectivity index (χ3n) is 3.08. The lowest BCUT2D eigenvalue weighted by Crippen LogP contribution is -2.43. The van der Waals surface area contributed by atoms with Gasteiger partial charge in [0.1, 0.15) is 6.29 Å². The molecule has 0 N–H and O–H groups in total. The third kappa shape index (κ3) is 3.92. The number of carbonyl (C=O) groups excluding carboxylic acids is 1. The van der Waals surface area contributed by atoms with Gasteiger partial charge < -0.3 is 14.4 Å². The van der Waals surface area contributed by atoms with Crippen molar-refractivity contribution in [2.75, 3.05) is 33.4 Å². The lowest BCUT2D eigenvalue weighted by Gasteiger charge is -2.35. The van der Waals surface area contributed by atoms with Crippen LogP contribution in [0.4, 0.5) is 0 Å². The largest absolute Gasteiger partial charge is 0.380 e. The van der Waals surface area contributed by atoms with Gasteiger partial charge in [0, 0.05) is 13.2 Å². The fourth-order valence-corrected chi connectivity index (χ4v) is 2.17. The summed E-state index contributed by atoms with van der Waals surface area (Å²) in [5.41, 5.74) is -0.235. The van der Waals surface area contributed by atoms with E-state index in [1.54, 1.807) is 0 Å². The summed E-state index contributed by atoms with van der Waals surface area (Å²) in [6.45, 7) is 5.52. The van der Waals surface area contributed by atoms with E-state index in [1.807, 2.05) is 0 Å². The number of ether oxygens (including phenoxy) is 1. The van der Waals surface area contributed by atoms with Crippen LogP contribution in [0.5, 0.6) is 0 Å². The zero-order valence-corrected chi connectivity index (χ0v) is 10.00. The van der Waals surface area contributed by atoms with Crippen LogP contribution >= 0.6 is 0 Å². The monoisotopic (exact) mass is 213 g/mol. The molecule has 88 valence electrons. The summed E-state index contributed by atoms with van der Waals surface area (Å²) in [5.74, 6) is 0. The highest BCUT2D eigenvalue weighted by Gasteiger charge is 2.33. The van der Waals surface area contributed by atoms with E-state index in [0.29, 0.717) is 6.61 Å². The topological polar surface area (TPSA) is 29.5 Å². The van der Waals surface area contributed by atoms with Gasteiger partial charge in [-0.3, -0.25) is 0 Å². The second-order valence-corrected chi connectivity index (χ2v) is 4.73. The van der Waals surface area contributed by atoms with E-state index in [-0.39, 0.29) is 5.41 Å². The highest BCUT2D eigenvalue weighted by atomic mass is 16.5. The average Bonchev–Trinajstić information content (AvgIpc) is 2.27. The smallest absolute Gasteiger partial charge is 0.129 e. The van der Waals surface area contributed by atoms with Gasteiger partial charge in [0.05, 0.1) is 12.0 Å². The Morgan fingerprint density at radius 3 is 2.87 bits per heavy atom. The van der Waals surface area contributed by atoms with Gasteiger partial charge in [-0.15, -0.1) is 0 Å². The second kappa shape index (κ2) is 6.23. The number of carbonyl (C=O) groups is 1. The van der Waals surface area contributed by atoms with E-state index >= 15 is 0 Å². The molecule has 1 aliphatic heterocycles. The zero-order chi connectivity index (χ0) is 11.1. The maximum absolute atomic E-state index is 11.2. The van der Waals surface area contributed by atoms with Crippen LogP contribution in [0, 0.1) is 5.41 Å². The molecule has 1 unspecified atom stereocenters. The summed E-state index contributed by atoms with van der Waals surface area (Å²) >= 11 is 0. The average molecular weight is 213 g/mol. The molecule has 1 fully saturated rings. The Balaban J connectivity index is 2.40. The van der Waals surface area contributed by atoms with Gasteiger partial charge in [0.25, 0.3) is 0 Å². The maximum Gasteiger partial charge on any atom is 0.129 e. The van der Waals surface area contributed by atoms with Crippen molar-refractivity contribution >= 4 is 6.29 Å². The van der Waals surface area contributed by atoms with Crippen molar-refractivity contribution < 1.29 is 9.53 Å². The minimum Gasteiger partial charge on any atom is -0.380 e. The quantitative estimate of drug-likeness (QED) is 0.629. The van der Waals surface area contributed by atoms with E-state index < -0.39 is 0 Å². The molecule has 0 aromatic heterocycles. The van der Waals surface area contributed by atoms with E-state index in [9.17, 15) is 4.79 Å². The van der Waals surface area contributed by atoms with Crippen LogP contribution in [-0.4, -0.2) is 44.5 Å². The Labute approximate surface area is 92.8 Å². The van der Waals surface area contributed by atoms with Crippen molar-refractivity contribution in [2.24, 2.45) is 5.41 Å². The molecule has 0 aliphatic carbocycles. The van der Waals surface area contributed by atoms with Gasteiger partial charge in [-0.2, -0.15) is 0 Å². The molecule has 1 saturated heterocycles. The van der Waals surface area contributed by atoms with E-state index in [1.165, 1.54) is 12.8 Å². The summed E-state index contributed by atoms with van der Waals surface area (Å²) in [7, 11) is 2.09. The van der Waals surface area contributed by atoms with Crippen LogP contribution in [0.1, 0.15) is 32.6 Å². The number of nitrogens with zero attached hydrogens (tertiary/aromatic N) is 1. The van der Waals surface area contributed by atoms with Gasteiger partial charge in [-0.25, -0.2) is 0 Å². The maximum atomic E-state index is 11.2. The number of hydrogen-bond acceptors (Lipinski definition) is 3. The first kappa shape index (κ1) is 12.7. The summed E-state index contributed by atoms with van der Waals surface area (Å²) in [6, 6.07) is 0. The fraction of sp³-hybridized carbons (Fsp3) is 0.917. The summed E-state index contributed by atoms with van der Waals surface area (Å²) in [5, 5.41) is 0. The van der Waals surface area contributed by atoms with Crippen molar-refractivity contribution in [1.29, 1.82) is 0 Å². The summed E-state index contributed by atoms with van der Waals surface area (Å²) < 4.78 is 5.42. The highest BCUT2D eigenvalue weighted by Crippen LogP contribution is 2.27. The summed E-state index contributed by atoms with van der Waals surface area (Å²) in [4.78, 5) is 13.4. The molecular formula is C12H23NO2. The van der Waals surface area contributed by atoms with E-state index in [2.05, 4.69) is 18.9 Å². The number of unbranched alkanes of at least 4 members (excludes halogenated alkanes) is 1. The molecule has 0 spiro atoms. The lowest BCUT2D eigenvalue weighted by molar-refractivity contribution is -0.125. The van der Waals surface area contributed by atoms with Gasteiger partial charge in [0.2, 0.25) is 0 Å². The Hall–Kier alpha value is -0.410. The molecule has 0 bridgehead atoms. The first-order valence-corrected chi connectivity index (χ1v) is 5.95. The predicted molar refractivity (Wildman–Crippen MR) is 61.0 cm³/mol. The highest BCUT2D eigenvalue weighted by molar-refractivity contribution is 5.60. The van der Waals surface area contributed by atoms with Gasteiger partial charge in [0.15, 0.2) is 0 Å². The van der Waals surface area contributed by atoms with Crippen molar-refractivity contribution in [1.82, 2.24) is 4.90 Å². The first-order valence-electron chi connectivity index (χ1n) is 5.95. The molecule has 1 rings (SSSR count). The van der Waals surface area contributed by atoms with E-state index in [4.69, 9.17) is 4.74 Å². The molecule has 0 saturated carbocycles. The van der Waals surface area contributed by atoms with Crippen LogP contribution in [0.3, 0.4) is 0 Å². The summed E-state index contributed by atoms with van der Waals surface area (Å²) in [6.07, 6.45) is 5.50. The first-order chi connectivity index (χ1) is 7.22. The molecule has 3 heteroatoms. The molecule has 3 nitrogen and oxygen atoms in total. The molecule has 1 heterocycles. The van der Waals surface area contributed by atoms with Crippen molar-refractivity contribution in [3.05, 3.63) is 0 Å². The number of hydrogen-bond donors (Lipinski definition) is 0. The Kier molecular flexibility index (Phi) is 5.26. The Bertz CT molecular complexity index is 188. The zero-order valence-electron chi connectivity index (χ0n) is 10.00. The molecule has 0 amide bonds. The van der Waals surface area contributed by atoms with Crippen LogP contribution in [-0.2, 0) is 9.53 Å². The molecule has 0 radical (unpaired) electrons. The minimum absolute atomic E-state index is 0.235. The molecule has 1 aliphatic rings. The standard InChI is InChI=1S/C12H23NO2/c1-3-4-7-13(2)9-12(10-14)6-5-8-15-11-12/h10H,3-9,11H2,1-2H3. The van der Waals surface area contributed by atoms with Crippen molar-refractivity contribution in [2.45, 2.75) is 32.6 Å². The van der Waals surface area contributed by atoms with Crippen LogP contribution in [0.2, 0.25) is 0 Å². The van der Waals surface area contributed by atoms with Crippen LogP contribution in [0.25, 0.3) is 0 Å². The molecule has 0 aromatic rings. The molecular weight excluding hydrogens is 190 g/mol. The van der Waals surface area contributed by atoms with Crippen LogP contribution < -0.4 is 0 Å². The third-order valence-corrected chi connectivity index (χ3v) is 3.08. The van der Waals surface area contributed by atoms with Gasteiger partial charge in [-0.05, 0) is 32.9 Å². The van der Waals surface area contributed by atoms with E-state index in [0.717, 1.165) is 38.8 Å².